The number of anilines is 1. The number of nitrogens with one attached hydrogen (secondary N) is 1. The largest absolute Gasteiger partial charge is 0.483 e. The Hall–Kier alpha value is -2.17. The molecule has 0 saturated heterocycles. The van der Waals surface area contributed by atoms with E-state index < -0.39 is 0 Å². The molecule has 0 aliphatic heterocycles. The minimum absolute atomic E-state index is 0.136. The predicted molar refractivity (Wildman–Crippen MR) is 67.0 cm³/mol. The van der Waals surface area contributed by atoms with Gasteiger partial charge in [0, 0.05) is 18.8 Å². The smallest absolute Gasteiger partial charge is 0.168 e. The van der Waals surface area contributed by atoms with Gasteiger partial charge in [-0.2, -0.15) is 0 Å². The van der Waals surface area contributed by atoms with Gasteiger partial charge in [-0.25, -0.2) is 14.4 Å². The van der Waals surface area contributed by atoms with Gasteiger partial charge in [-0.15, -0.1) is 0 Å². The van der Waals surface area contributed by atoms with Crippen LogP contribution in [0.1, 0.15) is 11.5 Å². The molecule has 2 rings (SSSR count). The summed E-state index contributed by atoms with van der Waals surface area (Å²) in [6.07, 6.45) is 0. The molecule has 0 saturated carbocycles. The summed E-state index contributed by atoms with van der Waals surface area (Å²) >= 11 is 0. The number of ether oxygens (including phenoxy) is 1. The molecule has 0 atom stereocenters. The third-order valence-electron chi connectivity index (χ3n) is 2.35. The molecule has 0 unspecified atom stereocenters. The Kier molecular flexibility index (Phi) is 3.72. The van der Waals surface area contributed by atoms with Crippen molar-refractivity contribution in [3.63, 3.8) is 0 Å². The van der Waals surface area contributed by atoms with E-state index in [1.54, 1.807) is 25.2 Å². The van der Waals surface area contributed by atoms with Crippen molar-refractivity contribution >= 4 is 5.82 Å². The molecule has 94 valence electrons. The number of hydrogen-bond donors (Lipinski definition) is 1. The fourth-order valence-corrected chi connectivity index (χ4v) is 1.53. The zero-order chi connectivity index (χ0) is 13.0. The molecule has 1 aromatic carbocycles. The number of para-hydroxylation sites is 1. The minimum atomic E-state index is -0.390. The van der Waals surface area contributed by atoms with Gasteiger partial charge in [-0.3, -0.25) is 0 Å². The summed E-state index contributed by atoms with van der Waals surface area (Å²) in [6, 6.07) is 8.08. The van der Waals surface area contributed by atoms with Gasteiger partial charge in [0.15, 0.2) is 17.4 Å². The number of aryl methyl sites for hydroxylation is 1. The molecule has 0 fully saturated rings. The van der Waals surface area contributed by atoms with Crippen LogP contribution in [0.2, 0.25) is 0 Å². The Balaban J connectivity index is 2.11. The first-order valence-corrected chi connectivity index (χ1v) is 5.58. The van der Waals surface area contributed by atoms with E-state index >= 15 is 0 Å². The molecule has 18 heavy (non-hydrogen) atoms. The highest BCUT2D eigenvalue weighted by atomic mass is 19.1. The van der Waals surface area contributed by atoms with E-state index in [2.05, 4.69) is 15.3 Å². The summed E-state index contributed by atoms with van der Waals surface area (Å²) in [4.78, 5) is 8.46. The summed E-state index contributed by atoms with van der Waals surface area (Å²) in [5.41, 5.74) is 0.835. The lowest BCUT2D eigenvalue weighted by atomic mass is 10.3. The highest BCUT2D eigenvalue weighted by Crippen LogP contribution is 2.16. The zero-order valence-corrected chi connectivity index (χ0v) is 10.3. The van der Waals surface area contributed by atoms with E-state index in [0.29, 0.717) is 5.82 Å². The molecule has 0 radical (unpaired) electrons. The molecular weight excluding hydrogens is 233 g/mol. The lowest BCUT2D eigenvalue weighted by molar-refractivity contribution is 0.281. The number of halogens is 1. The monoisotopic (exact) mass is 247 g/mol. The van der Waals surface area contributed by atoms with Gasteiger partial charge < -0.3 is 10.1 Å². The van der Waals surface area contributed by atoms with Crippen LogP contribution in [-0.4, -0.2) is 17.0 Å². The summed E-state index contributed by atoms with van der Waals surface area (Å²) in [6.45, 7) is 2.01. The molecule has 1 aromatic heterocycles. The predicted octanol–water partition coefficient (Wildman–Crippen LogP) is 2.54. The van der Waals surface area contributed by atoms with E-state index in [9.17, 15) is 4.39 Å². The van der Waals surface area contributed by atoms with Crippen LogP contribution in [0.3, 0.4) is 0 Å². The summed E-state index contributed by atoms with van der Waals surface area (Å²) in [5, 5.41) is 2.94. The SMILES string of the molecule is CNc1cc(C)nc(COc2ccccc2F)n1. The van der Waals surface area contributed by atoms with E-state index in [0.717, 1.165) is 11.5 Å². The standard InChI is InChI=1S/C13H14FN3O/c1-9-7-12(15-2)17-13(16-9)8-18-11-6-4-3-5-10(11)14/h3-7H,8H2,1-2H3,(H,15,16,17). The van der Waals surface area contributed by atoms with Crippen LogP contribution in [0.15, 0.2) is 30.3 Å². The molecule has 0 aliphatic carbocycles. The molecule has 0 aliphatic rings. The summed E-state index contributed by atoms with van der Waals surface area (Å²) < 4.78 is 18.7. The molecule has 4 nitrogen and oxygen atoms in total. The third-order valence-corrected chi connectivity index (χ3v) is 2.35. The quantitative estimate of drug-likeness (QED) is 0.902. The Morgan fingerprint density at radius 2 is 2.06 bits per heavy atom. The molecule has 0 amide bonds. The van der Waals surface area contributed by atoms with Crippen molar-refractivity contribution in [2.75, 3.05) is 12.4 Å². The molecule has 5 heteroatoms. The van der Waals surface area contributed by atoms with Crippen LogP contribution in [0.4, 0.5) is 10.2 Å². The van der Waals surface area contributed by atoms with Gasteiger partial charge in [-0.1, -0.05) is 12.1 Å². The van der Waals surface area contributed by atoms with Crippen LogP contribution >= 0.6 is 0 Å². The third kappa shape index (κ3) is 2.94. The maximum Gasteiger partial charge on any atom is 0.168 e. The fourth-order valence-electron chi connectivity index (χ4n) is 1.53. The molecule has 0 bridgehead atoms. The molecule has 1 N–H and O–H groups in total. The van der Waals surface area contributed by atoms with Crippen LogP contribution < -0.4 is 10.1 Å². The van der Waals surface area contributed by atoms with Gasteiger partial charge in [0.2, 0.25) is 0 Å². The van der Waals surface area contributed by atoms with Crippen LogP contribution in [0.25, 0.3) is 0 Å². The number of aromatic nitrogens is 2. The van der Waals surface area contributed by atoms with Crippen molar-refractivity contribution in [3.8, 4) is 5.75 Å². The summed E-state index contributed by atoms with van der Waals surface area (Å²) in [5.74, 6) is 1.05. The van der Waals surface area contributed by atoms with Crippen LogP contribution in [0.5, 0.6) is 5.75 Å². The normalized spacial score (nSPS) is 10.2. The van der Waals surface area contributed by atoms with Crippen molar-refractivity contribution in [2.45, 2.75) is 13.5 Å². The molecule has 1 heterocycles. The maximum atomic E-state index is 13.3. The lowest BCUT2D eigenvalue weighted by Crippen LogP contribution is -2.06. The van der Waals surface area contributed by atoms with Gasteiger partial charge in [0.1, 0.15) is 12.4 Å². The average Bonchev–Trinajstić information content (AvgIpc) is 2.37. The van der Waals surface area contributed by atoms with Crippen LogP contribution in [-0.2, 0) is 6.61 Å². The van der Waals surface area contributed by atoms with Crippen molar-refractivity contribution < 1.29 is 9.13 Å². The van der Waals surface area contributed by atoms with E-state index in [-0.39, 0.29) is 18.2 Å². The Bertz CT molecular complexity index is 546. The van der Waals surface area contributed by atoms with E-state index in [1.165, 1.54) is 6.07 Å². The molecular formula is C13H14FN3O. The van der Waals surface area contributed by atoms with Crippen molar-refractivity contribution in [1.29, 1.82) is 0 Å². The second-order valence-corrected chi connectivity index (χ2v) is 3.78. The fraction of sp³-hybridized carbons (Fsp3) is 0.231. The number of nitrogens with zero attached hydrogens (tertiary/aromatic N) is 2. The molecule has 2 aromatic rings. The number of benzene rings is 1. The summed E-state index contributed by atoms with van der Waals surface area (Å²) in [7, 11) is 1.78. The first-order chi connectivity index (χ1) is 8.69. The number of rotatable bonds is 4. The zero-order valence-electron chi connectivity index (χ0n) is 10.3. The first kappa shape index (κ1) is 12.3. The Labute approximate surface area is 105 Å². The molecule has 0 spiro atoms. The Morgan fingerprint density at radius 3 is 2.78 bits per heavy atom. The van der Waals surface area contributed by atoms with E-state index in [1.807, 2.05) is 13.0 Å². The van der Waals surface area contributed by atoms with Crippen molar-refractivity contribution in [3.05, 3.63) is 47.7 Å². The topological polar surface area (TPSA) is 47.0 Å². The lowest BCUT2D eigenvalue weighted by Gasteiger charge is -2.08. The van der Waals surface area contributed by atoms with E-state index in [4.69, 9.17) is 4.74 Å². The van der Waals surface area contributed by atoms with Gasteiger partial charge in [-0.05, 0) is 19.1 Å². The highest BCUT2D eigenvalue weighted by molar-refractivity contribution is 5.34. The van der Waals surface area contributed by atoms with Crippen molar-refractivity contribution in [1.82, 2.24) is 9.97 Å². The number of hydrogen-bond acceptors (Lipinski definition) is 4. The Morgan fingerprint density at radius 1 is 1.28 bits per heavy atom. The second-order valence-electron chi connectivity index (χ2n) is 3.78. The van der Waals surface area contributed by atoms with Gasteiger partial charge in [0.25, 0.3) is 0 Å². The average molecular weight is 247 g/mol. The minimum Gasteiger partial charge on any atom is -0.483 e. The van der Waals surface area contributed by atoms with Crippen molar-refractivity contribution in [2.24, 2.45) is 0 Å². The van der Waals surface area contributed by atoms with Crippen LogP contribution in [0, 0.1) is 12.7 Å². The van der Waals surface area contributed by atoms with Gasteiger partial charge in [0.05, 0.1) is 0 Å². The first-order valence-electron chi connectivity index (χ1n) is 5.58. The second kappa shape index (κ2) is 5.44. The maximum absolute atomic E-state index is 13.3. The van der Waals surface area contributed by atoms with Gasteiger partial charge >= 0.3 is 0 Å². The highest BCUT2D eigenvalue weighted by Gasteiger charge is 2.05.